The zero-order valence-corrected chi connectivity index (χ0v) is 10.5. The van der Waals surface area contributed by atoms with E-state index < -0.39 is 0 Å². The van der Waals surface area contributed by atoms with Gasteiger partial charge in [0, 0.05) is 5.92 Å². The van der Waals surface area contributed by atoms with Crippen LogP contribution in [0.25, 0.3) is 0 Å². The zero-order valence-electron chi connectivity index (χ0n) is 10.5. The maximum absolute atomic E-state index is 14.1. The number of rotatable bonds is 2. The summed E-state index contributed by atoms with van der Waals surface area (Å²) in [5.74, 6) is 1.32. The molecule has 1 aromatic rings. The van der Waals surface area contributed by atoms with Crippen LogP contribution in [0.5, 0.6) is 0 Å². The van der Waals surface area contributed by atoms with Gasteiger partial charge in [0.1, 0.15) is 5.82 Å². The highest BCUT2D eigenvalue weighted by Gasteiger charge is 2.30. The molecule has 17 heavy (non-hydrogen) atoms. The molecule has 2 heteroatoms. The molecule has 92 valence electrons. The number of fused-ring (bicyclic) bond motifs is 1. The Morgan fingerprint density at radius 2 is 2.00 bits per heavy atom. The summed E-state index contributed by atoms with van der Waals surface area (Å²) < 4.78 is 19.7. The third kappa shape index (κ3) is 1.99. The molecule has 0 unspecified atom stereocenters. The Kier molecular flexibility index (Phi) is 2.70. The van der Waals surface area contributed by atoms with Crippen molar-refractivity contribution < 1.29 is 9.13 Å². The smallest absolute Gasteiger partial charge is 0.126 e. The van der Waals surface area contributed by atoms with Crippen molar-refractivity contribution in [3.05, 3.63) is 34.6 Å². The summed E-state index contributed by atoms with van der Waals surface area (Å²) >= 11 is 0. The first-order chi connectivity index (χ1) is 8.16. The standard InChI is InChI=1S/C15H19FO/c1-9(2)14-8-17-7-11-5-13(10-3-4-10)15(16)6-12(11)14/h5-6,9-10,14H,3-4,7-8H2,1-2H3/t14-/m0/s1. The van der Waals surface area contributed by atoms with E-state index in [1.807, 2.05) is 0 Å². The largest absolute Gasteiger partial charge is 0.376 e. The molecule has 1 nitrogen and oxygen atoms in total. The Morgan fingerprint density at radius 3 is 2.65 bits per heavy atom. The van der Waals surface area contributed by atoms with E-state index in [9.17, 15) is 4.39 Å². The molecule has 1 fully saturated rings. The van der Waals surface area contributed by atoms with Crippen molar-refractivity contribution >= 4 is 0 Å². The van der Waals surface area contributed by atoms with Crippen LogP contribution in [0.2, 0.25) is 0 Å². The van der Waals surface area contributed by atoms with E-state index in [1.54, 1.807) is 6.07 Å². The first-order valence-electron chi connectivity index (χ1n) is 6.56. The molecule has 1 heterocycles. The highest BCUT2D eigenvalue weighted by molar-refractivity contribution is 5.39. The van der Waals surface area contributed by atoms with E-state index in [4.69, 9.17) is 4.74 Å². The van der Waals surface area contributed by atoms with Crippen LogP contribution in [0, 0.1) is 11.7 Å². The van der Waals surface area contributed by atoms with Gasteiger partial charge in [0.15, 0.2) is 0 Å². The van der Waals surface area contributed by atoms with Gasteiger partial charge in [-0.25, -0.2) is 4.39 Å². The second-order valence-corrected chi connectivity index (χ2v) is 5.71. The number of hydrogen-bond acceptors (Lipinski definition) is 1. The lowest BCUT2D eigenvalue weighted by atomic mass is 9.83. The summed E-state index contributed by atoms with van der Waals surface area (Å²) in [7, 11) is 0. The Bertz CT molecular complexity index is 435. The predicted octanol–water partition coefficient (Wildman–Crippen LogP) is 3.97. The van der Waals surface area contributed by atoms with Crippen LogP contribution in [0.1, 0.15) is 55.2 Å². The number of ether oxygens (including phenoxy) is 1. The monoisotopic (exact) mass is 234 g/mol. The van der Waals surface area contributed by atoms with Crippen molar-refractivity contribution in [2.45, 2.75) is 45.1 Å². The summed E-state index contributed by atoms with van der Waals surface area (Å²) in [6.07, 6.45) is 2.29. The molecule has 0 bridgehead atoms. The van der Waals surface area contributed by atoms with E-state index in [-0.39, 0.29) is 5.82 Å². The van der Waals surface area contributed by atoms with Crippen molar-refractivity contribution in [2.24, 2.45) is 5.92 Å². The topological polar surface area (TPSA) is 9.23 Å². The lowest BCUT2D eigenvalue weighted by Crippen LogP contribution is -2.21. The molecule has 0 aromatic heterocycles. The van der Waals surface area contributed by atoms with Gasteiger partial charge in [0.05, 0.1) is 13.2 Å². The van der Waals surface area contributed by atoms with Crippen molar-refractivity contribution in [1.29, 1.82) is 0 Å². The number of halogens is 1. The van der Waals surface area contributed by atoms with Crippen LogP contribution in [-0.2, 0) is 11.3 Å². The second kappa shape index (κ2) is 4.09. The molecule has 1 atom stereocenters. The third-order valence-corrected chi connectivity index (χ3v) is 4.03. The van der Waals surface area contributed by atoms with Crippen LogP contribution < -0.4 is 0 Å². The number of benzene rings is 1. The van der Waals surface area contributed by atoms with E-state index in [0.29, 0.717) is 24.4 Å². The average Bonchev–Trinajstić information content (AvgIpc) is 3.11. The van der Waals surface area contributed by atoms with Crippen molar-refractivity contribution in [3.63, 3.8) is 0 Å². The van der Waals surface area contributed by atoms with Crippen LogP contribution in [0.15, 0.2) is 12.1 Å². The Hall–Kier alpha value is -0.890. The minimum absolute atomic E-state index is 0.00111. The molecule has 1 saturated carbocycles. The normalized spacial score (nSPS) is 23.9. The molecular weight excluding hydrogens is 215 g/mol. The first kappa shape index (κ1) is 11.2. The van der Waals surface area contributed by atoms with Gasteiger partial charge >= 0.3 is 0 Å². The van der Waals surface area contributed by atoms with E-state index in [1.165, 1.54) is 11.1 Å². The maximum Gasteiger partial charge on any atom is 0.126 e. The second-order valence-electron chi connectivity index (χ2n) is 5.71. The van der Waals surface area contributed by atoms with Gasteiger partial charge in [-0.05, 0) is 47.4 Å². The minimum atomic E-state index is -0.00111. The summed E-state index contributed by atoms with van der Waals surface area (Å²) in [6.45, 7) is 5.73. The van der Waals surface area contributed by atoms with Crippen LogP contribution in [0.3, 0.4) is 0 Å². The molecule has 2 aliphatic rings. The fourth-order valence-corrected chi connectivity index (χ4v) is 2.77. The lowest BCUT2D eigenvalue weighted by Gasteiger charge is -2.29. The Morgan fingerprint density at radius 1 is 1.24 bits per heavy atom. The molecule has 3 rings (SSSR count). The lowest BCUT2D eigenvalue weighted by molar-refractivity contribution is 0.0789. The molecule has 0 radical (unpaired) electrons. The molecule has 1 aliphatic carbocycles. The van der Waals surface area contributed by atoms with Gasteiger partial charge in [-0.15, -0.1) is 0 Å². The van der Waals surface area contributed by atoms with Gasteiger partial charge < -0.3 is 4.74 Å². The molecule has 1 aromatic carbocycles. The minimum Gasteiger partial charge on any atom is -0.376 e. The summed E-state index contributed by atoms with van der Waals surface area (Å²) in [5, 5.41) is 0. The van der Waals surface area contributed by atoms with Gasteiger partial charge in [-0.1, -0.05) is 19.9 Å². The summed E-state index contributed by atoms with van der Waals surface area (Å²) in [4.78, 5) is 0. The van der Waals surface area contributed by atoms with Crippen LogP contribution in [-0.4, -0.2) is 6.61 Å². The zero-order chi connectivity index (χ0) is 12.0. The molecule has 0 amide bonds. The van der Waals surface area contributed by atoms with Gasteiger partial charge in [-0.2, -0.15) is 0 Å². The maximum atomic E-state index is 14.1. The SMILES string of the molecule is CC(C)[C@@H]1COCc2cc(C3CC3)c(F)cc21. The number of hydrogen-bond donors (Lipinski definition) is 0. The Balaban J connectivity index is 2.03. The van der Waals surface area contributed by atoms with Crippen LogP contribution in [0.4, 0.5) is 4.39 Å². The highest BCUT2D eigenvalue weighted by atomic mass is 19.1. The molecule has 0 saturated heterocycles. The van der Waals surface area contributed by atoms with Crippen LogP contribution >= 0.6 is 0 Å². The molecule has 1 aliphatic heterocycles. The highest BCUT2D eigenvalue weighted by Crippen LogP contribution is 2.43. The third-order valence-electron chi connectivity index (χ3n) is 4.03. The Labute approximate surface area is 102 Å². The van der Waals surface area contributed by atoms with E-state index in [2.05, 4.69) is 19.9 Å². The van der Waals surface area contributed by atoms with Gasteiger partial charge in [-0.3, -0.25) is 0 Å². The predicted molar refractivity (Wildman–Crippen MR) is 65.6 cm³/mol. The van der Waals surface area contributed by atoms with Gasteiger partial charge in [0.2, 0.25) is 0 Å². The fourth-order valence-electron chi connectivity index (χ4n) is 2.77. The van der Waals surface area contributed by atoms with Crippen molar-refractivity contribution in [3.8, 4) is 0 Å². The summed E-state index contributed by atoms with van der Waals surface area (Å²) in [5.41, 5.74) is 3.29. The van der Waals surface area contributed by atoms with Gasteiger partial charge in [0.25, 0.3) is 0 Å². The quantitative estimate of drug-likeness (QED) is 0.752. The molecular formula is C15H19FO. The van der Waals surface area contributed by atoms with Crippen molar-refractivity contribution in [1.82, 2.24) is 0 Å². The van der Waals surface area contributed by atoms with E-state index >= 15 is 0 Å². The van der Waals surface area contributed by atoms with Crippen molar-refractivity contribution in [2.75, 3.05) is 6.61 Å². The fraction of sp³-hybridized carbons (Fsp3) is 0.600. The molecule has 0 spiro atoms. The summed E-state index contributed by atoms with van der Waals surface area (Å²) in [6, 6.07) is 3.83. The molecule has 0 N–H and O–H groups in total. The average molecular weight is 234 g/mol. The van der Waals surface area contributed by atoms with E-state index in [0.717, 1.165) is 25.0 Å². The first-order valence-corrected chi connectivity index (χ1v) is 6.56.